The van der Waals surface area contributed by atoms with E-state index in [0.29, 0.717) is 32.0 Å². The third kappa shape index (κ3) is 2.56. The van der Waals surface area contributed by atoms with Gasteiger partial charge in [-0.2, -0.15) is 0 Å². The van der Waals surface area contributed by atoms with Crippen LogP contribution in [0.4, 0.5) is 16.2 Å². The molecule has 0 spiro atoms. The van der Waals surface area contributed by atoms with Gasteiger partial charge in [-0.1, -0.05) is 12.1 Å². The van der Waals surface area contributed by atoms with Gasteiger partial charge in [-0.3, -0.25) is 4.90 Å². The third-order valence-corrected chi connectivity index (χ3v) is 3.03. The number of anilines is 2. The Labute approximate surface area is 107 Å². The fraction of sp³-hybridized carbons (Fsp3) is 0.462. The van der Waals surface area contributed by atoms with Gasteiger partial charge < -0.3 is 15.4 Å². The Morgan fingerprint density at radius 1 is 1.33 bits per heavy atom. The highest BCUT2D eigenvalue weighted by Gasteiger charge is 2.29. The normalized spacial score (nSPS) is 15.5. The lowest BCUT2D eigenvalue weighted by Gasteiger charge is -2.19. The van der Waals surface area contributed by atoms with Crippen LogP contribution in [0.5, 0.6) is 0 Å². The maximum atomic E-state index is 12.2. The standard InChI is InChI=1S/C13H19N3O2/c1-2-18-10-9-15-7-8-16(13(15)17)12-6-4-3-5-11(12)14/h3-6H,2,7-10,14H2,1H3. The summed E-state index contributed by atoms with van der Waals surface area (Å²) in [5, 5.41) is 0. The number of amides is 2. The van der Waals surface area contributed by atoms with Gasteiger partial charge in [0.05, 0.1) is 18.0 Å². The van der Waals surface area contributed by atoms with Crippen LogP contribution in [0.1, 0.15) is 6.92 Å². The molecule has 5 heteroatoms. The number of nitrogen functional groups attached to an aromatic ring is 1. The van der Waals surface area contributed by atoms with Gasteiger partial charge in [0.2, 0.25) is 0 Å². The summed E-state index contributed by atoms with van der Waals surface area (Å²) in [6.45, 7) is 5.25. The first kappa shape index (κ1) is 12.7. The lowest BCUT2D eigenvalue weighted by Crippen LogP contribution is -2.34. The summed E-state index contributed by atoms with van der Waals surface area (Å²) in [5.41, 5.74) is 7.32. The number of carbonyl (C=O) groups is 1. The van der Waals surface area contributed by atoms with E-state index in [9.17, 15) is 4.79 Å². The molecule has 0 atom stereocenters. The molecule has 1 fully saturated rings. The number of benzene rings is 1. The number of rotatable bonds is 5. The zero-order valence-electron chi connectivity index (χ0n) is 10.6. The first-order valence-electron chi connectivity index (χ1n) is 6.22. The summed E-state index contributed by atoms with van der Waals surface area (Å²) in [6.07, 6.45) is 0. The van der Waals surface area contributed by atoms with E-state index >= 15 is 0 Å². The average molecular weight is 249 g/mol. The number of nitrogens with zero attached hydrogens (tertiary/aromatic N) is 2. The van der Waals surface area contributed by atoms with Crippen molar-refractivity contribution in [3.63, 3.8) is 0 Å². The van der Waals surface area contributed by atoms with E-state index in [1.807, 2.05) is 31.2 Å². The van der Waals surface area contributed by atoms with E-state index < -0.39 is 0 Å². The Kier molecular flexibility index (Phi) is 4.04. The van der Waals surface area contributed by atoms with Gasteiger partial charge in [0, 0.05) is 26.2 Å². The van der Waals surface area contributed by atoms with E-state index in [1.54, 1.807) is 9.80 Å². The van der Waals surface area contributed by atoms with Crippen molar-refractivity contribution in [2.45, 2.75) is 6.92 Å². The highest BCUT2D eigenvalue weighted by atomic mass is 16.5. The molecule has 0 radical (unpaired) electrons. The number of carbonyl (C=O) groups excluding carboxylic acids is 1. The zero-order valence-corrected chi connectivity index (χ0v) is 10.6. The second-order valence-electron chi connectivity index (χ2n) is 4.18. The van der Waals surface area contributed by atoms with Crippen LogP contribution in [-0.4, -0.2) is 43.8 Å². The van der Waals surface area contributed by atoms with Crippen molar-refractivity contribution in [2.24, 2.45) is 0 Å². The van der Waals surface area contributed by atoms with Crippen molar-refractivity contribution in [2.75, 3.05) is 43.5 Å². The number of urea groups is 1. The molecule has 2 N–H and O–H groups in total. The Balaban J connectivity index is 2.01. The Bertz CT molecular complexity index is 422. The van der Waals surface area contributed by atoms with Crippen molar-refractivity contribution in [3.05, 3.63) is 24.3 Å². The van der Waals surface area contributed by atoms with Crippen LogP contribution in [-0.2, 0) is 4.74 Å². The van der Waals surface area contributed by atoms with E-state index in [-0.39, 0.29) is 6.03 Å². The van der Waals surface area contributed by atoms with Gasteiger partial charge in [-0.05, 0) is 19.1 Å². The van der Waals surface area contributed by atoms with Gasteiger partial charge in [0.25, 0.3) is 0 Å². The summed E-state index contributed by atoms with van der Waals surface area (Å²) in [5.74, 6) is 0. The Morgan fingerprint density at radius 3 is 2.83 bits per heavy atom. The van der Waals surface area contributed by atoms with Crippen LogP contribution >= 0.6 is 0 Å². The minimum Gasteiger partial charge on any atom is -0.397 e. The maximum Gasteiger partial charge on any atom is 0.324 e. The number of hydrogen-bond donors (Lipinski definition) is 1. The van der Waals surface area contributed by atoms with Crippen LogP contribution in [0.2, 0.25) is 0 Å². The van der Waals surface area contributed by atoms with Crippen LogP contribution in [0.3, 0.4) is 0 Å². The van der Waals surface area contributed by atoms with E-state index in [4.69, 9.17) is 10.5 Å². The molecule has 1 saturated heterocycles. The third-order valence-electron chi connectivity index (χ3n) is 3.03. The number of para-hydroxylation sites is 2. The summed E-state index contributed by atoms with van der Waals surface area (Å²) in [4.78, 5) is 15.7. The smallest absolute Gasteiger partial charge is 0.324 e. The van der Waals surface area contributed by atoms with Crippen LogP contribution in [0.15, 0.2) is 24.3 Å². The fourth-order valence-electron chi connectivity index (χ4n) is 2.07. The molecule has 0 aliphatic carbocycles. The molecule has 1 aromatic carbocycles. The SMILES string of the molecule is CCOCCN1CCN(c2ccccc2N)C1=O. The first-order valence-corrected chi connectivity index (χ1v) is 6.22. The molecule has 0 unspecified atom stereocenters. The predicted molar refractivity (Wildman–Crippen MR) is 71.7 cm³/mol. The molecule has 2 rings (SSSR count). The lowest BCUT2D eigenvalue weighted by molar-refractivity contribution is 0.126. The molecule has 18 heavy (non-hydrogen) atoms. The van der Waals surface area contributed by atoms with Gasteiger partial charge in [0.15, 0.2) is 0 Å². The summed E-state index contributed by atoms with van der Waals surface area (Å²) in [6, 6.07) is 7.45. The van der Waals surface area contributed by atoms with E-state index in [1.165, 1.54) is 0 Å². The molecule has 1 heterocycles. The van der Waals surface area contributed by atoms with Crippen molar-refractivity contribution in [1.82, 2.24) is 4.90 Å². The minimum absolute atomic E-state index is 0.00704. The van der Waals surface area contributed by atoms with E-state index in [2.05, 4.69) is 0 Å². The van der Waals surface area contributed by atoms with Crippen molar-refractivity contribution in [1.29, 1.82) is 0 Å². The quantitative estimate of drug-likeness (QED) is 0.636. The molecule has 1 aliphatic rings. The van der Waals surface area contributed by atoms with Gasteiger partial charge in [-0.15, -0.1) is 0 Å². The molecule has 98 valence electrons. The average Bonchev–Trinajstić information content (AvgIpc) is 2.72. The molecule has 1 aromatic rings. The highest BCUT2D eigenvalue weighted by Crippen LogP contribution is 2.25. The minimum atomic E-state index is 0.00704. The topological polar surface area (TPSA) is 58.8 Å². The molecule has 0 saturated carbocycles. The van der Waals surface area contributed by atoms with Gasteiger partial charge in [-0.25, -0.2) is 4.79 Å². The predicted octanol–water partition coefficient (Wildman–Crippen LogP) is 1.55. The zero-order chi connectivity index (χ0) is 13.0. The molecule has 0 aromatic heterocycles. The molecular weight excluding hydrogens is 230 g/mol. The lowest BCUT2D eigenvalue weighted by atomic mass is 10.2. The van der Waals surface area contributed by atoms with Gasteiger partial charge in [0.1, 0.15) is 0 Å². The van der Waals surface area contributed by atoms with Gasteiger partial charge >= 0.3 is 6.03 Å². The number of nitrogens with two attached hydrogens (primary N) is 1. The Hall–Kier alpha value is -1.75. The molecule has 1 aliphatic heterocycles. The monoisotopic (exact) mass is 249 g/mol. The van der Waals surface area contributed by atoms with Crippen LogP contribution < -0.4 is 10.6 Å². The van der Waals surface area contributed by atoms with Crippen LogP contribution in [0, 0.1) is 0 Å². The Morgan fingerprint density at radius 2 is 2.11 bits per heavy atom. The maximum absolute atomic E-state index is 12.2. The molecule has 0 bridgehead atoms. The number of ether oxygens (including phenoxy) is 1. The second-order valence-corrected chi connectivity index (χ2v) is 4.18. The second kappa shape index (κ2) is 5.73. The highest BCUT2D eigenvalue weighted by molar-refractivity contribution is 5.97. The molecular formula is C13H19N3O2. The van der Waals surface area contributed by atoms with Crippen molar-refractivity contribution < 1.29 is 9.53 Å². The van der Waals surface area contributed by atoms with Crippen LogP contribution in [0.25, 0.3) is 0 Å². The summed E-state index contributed by atoms with van der Waals surface area (Å²) in [7, 11) is 0. The molecule has 2 amide bonds. The largest absolute Gasteiger partial charge is 0.397 e. The molecule has 5 nitrogen and oxygen atoms in total. The summed E-state index contributed by atoms with van der Waals surface area (Å²) < 4.78 is 5.27. The van der Waals surface area contributed by atoms with Crippen molar-refractivity contribution in [3.8, 4) is 0 Å². The number of hydrogen-bond acceptors (Lipinski definition) is 3. The fourth-order valence-corrected chi connectivity index (χ4v) is 2.07. The first-order chi connectivity index (χ1) is 8.74. The van der Waals surface area contributed by atoms with Crippen molar-refractivity contribution >= 4 is 17.4 Å². The summed E-state index contributed by atoms with van der Waals surface area (Å²) >= 11 is 0. The van der Waals surface area contributed by atoms with E-state index in [0.717, 1.165) is 12.2 Å².